The van der Waals surface area contributed by atoms with Crippen LogP contribution in [0, 0.1) is 5.92 Å². The highest BCUT2D eigenvalue weighted by atomic mass is 16.1. The molecule has 1 aromatic rings. The number of hydrogen-bond donors (Lipinski definition) is 3. The van der Waals surface area contributed by atoms with Gasteiger partial charge in [0.1, 0.15) is 5.69 Å². The largest absolute Gasteiger partial charge is 0.396 e. The van der Waals surface area contributed by atoms with Crippen molar-refractivity contribution < 1.29 is 4.79 Å². The fraction of sp³-hybridized carbons (Fsp3) is 0.667. The predicted octanol–water partition coefficient (Wildman–Crippen LogP) is 0.454. The van der Waals surface area contributed by atoms with Crippen LogP contribution in [0.3, 0.4) is 0 Å². The molecule has 0 aromatic carbocycles. The fourth-order valence-corrected chi connectivity index (χ4v) is 2.30. The van der Waals surface area contributed by atoms with Crippen LogP contribution in [0.25, 0.3) is 0 Å². The number of amides is 1. The number of carbonyl (C=O) groups is 1. The monoisotopic (exact) mass is 251 g/mol. The summed E-state index contributed by atoms with van der Waals surface area (Å²) in [5, 5.41) is 9.22. The molecule has 1 amide bonds. The second kappa shape index (κ2) is 5.86. The van der Waals surface area contributed by atoms with E-state index in [1.54, 1.807) is 0 Å². The van der Waals surface area contributed by atoms with E-state index < -0.39 is 0 Å². The number of likely N-dealkylation sites (tertiary alicyclic amines) is 1. The second-order valence-electron chi connectivity index (χ2n) is 5.02. The van der Waals surface area contributed by atoms with Crippen LogP contribution in [0.1, 0.15) is 30.3 Å². The predicted molar refractivity (Wildman–Crippen MR) is 70.2 cm³/mol. The number of carbonyl (C=O) groups excluding carboxylic acids is 1. The third-order valence-electron chi connectivity index (χ3n) is 3.28. The number of nitrogens with two attached hydrogens (primary N) is 1. The minimum absolute atomic E-state index is 0.182. The quantitative estimate of drug-likeness (QED) is 0.709. The molecule has 0 radical (unpaired) electrons. The van der Waals surface area contributed by atoms with Crippen molar-refractivity contribution in [2.45, 2.75) is 19.8 Å². The van der Waals surface area contributed by atoms with Crippen LogP contribution in [0.2, 0.25) is 0 Å². The summed E-state index contributed by atoms with van der Waals surface area (Å²) >= 11 is 0. The van der Waals surface area contributed by atoms with Gasteiger partial charge in [-0.25, -0.2) is 0 Å². The lowest BCUT2D eigenvalue weighted by molar-refractivity contribution is 0.0941. The van der Waals surface area contributed by atoms with E-state index in [1.165, 1.54) is 32.1 Å². The topological polar surface area (TPSA) is 87.0 Å². The van der Waals surface area contributed by atoms with Crippen molar-refractivity contribution in [1.29, 1.82) is 0 Å². The van der Waals surface area contributed by atoms with Crippen LogP contribution >= 0.6 is 0 Å². The summed E-state index contributed by atoms with van der Waals surface area (Å²) in [6.45, 7) is 6.22. The Hall–Kier alpha value is -1.56. The van der Waals surface area contributed by atoms with E-state index >= 15 is 0 Å². The lowest BCUT2D eigenvalue weighted by Gasteiger charge is -2.20. The van der Waals surface area contributed by atoms with Gasteiger partial charge in [-0.3, -0.25) is 9.89 Å². The van der Waals surface area contributed by atoms with E-state index in [9.17, 15) is 4.79 Å². The first kappa shape index (κ1) is 12.9. The van der Waals surface area contributed by atoms with Gasteiger partial charge in [-0.2, -0.15) is 5.10 Å². The van der Waals surface area contributed by atoms with Crippen LogP contribution in [-0.4, -0.2) is 47.2 Å². The molecule has 0 spiro atoms. The van der Waals surface area contributed by atoms with Crippen molar-refractivity contribution in [1.82, 2.24) is 20.4 Å². The molecule has 1 unspecified atom stereocenters. The Morgan fingerprint density at radius 3 is 2.94 bits per heavy atom. The van der Waals surface area contributed by atoms with Gasteiger partial charge in [0.15, 0.2) is 0 Å². The van der Waals surface area contributed by atoms with Crippen LogP contribution < -0.4 is 11.1 Å². The third-order valence-corrected chi connectivity index (χ3v) is 3.28. The number of anilines is 1. The maximum atomic E-state index is 11.8. The average molecular weight is 251 g/mol. The molecule has 6 nitrogen and oxygen atoms in total. The number of nitrogens with one attached hydrogen (secondary N) is 2. The molecule has 2 rings (SSSR count). The van der Waals surface area contributed by atoms with Crippen molar-refractivity contribution in [2.24, 2.45) is 5.92 Å². The summed E-state index contributed by atoms with van der Waals surface area (Å²) in [4.78, 5) is 14.2. The number of aromatic nitrogens is 2. The Bertz CT molecular complexity index is 397. The van der Waals surface area contributed by atoms with Gasteiger partial charge in [-0.15, -0.1) is 0 Å². The molecule has 1 saturated heterocycles. The Morgan fingerprint density at radius 1 is 1.61 bits per heavy atom. The highest BCUT2D eigenvalue weighted by Crippen LogP contribution is 2.10. The van der Waals surface area contributed by atoms with E-state index in [4.69, 9.17) is 5.73 Å². The van der Waals surface area contributed by atoms with E-state index in [2.05, 4.69) is 27.3 Å². The van der Waals surface area contributed by atoms with Gasteiger partial charge in [0.2, 0.25) is 0 Å². The summed E-state index contributed by atoms with van der Waals surface area (Å²) < 4.78 is 0. The molecule has 4 N–H and O–H groups in total. The molecule has 0 saturated carbocycles. The molecule has 0 aliphatic carbocycles. The number of nitrogens with zero attached hydrogens (tertiary/aromatic N) is 2. The number of nitrogen functional groups attached to an aromatic ring is 1. The van der Waals surface area contributed by atoms with Crippen LogP contribution in [-0.2, 0) is 0 Å². The SMILES string of the molecule is CC(CNC(=O)c1[nH]ncc1N)CN1CCCC1. The lowest BCUT2D eigenvalue weighted by Crippen LogP contribution is -2.34. The summed E-state index contributed by atoms with van der Waals surface area (Å²) in [5.74, 6) is 0.259. The van der Waals surface area contributed by atoms with Crippen molar-refractivity contribution >= 4 is 11.6 Å². The molecule has 2 heterocycles. The molecule has 18 heavy (non-hydrogen) atoms. The van der Waals surface area contributed by atoms with Crippen LogP contribution in [0.5, 0.6) is 0 Å². The summed E-state index contributed by atoms with van der Waals surface area (Å²) in [6.07, 6.45) is 4.04. The van der Waals surface area contributed by atoms with E-state index in [1.807, 2.05) is 0 Å². The van der Waals surface area contributed by atoms with Gasteiger partial charge in [-0.05, 0) is 31.8 Å². The van der Waals surface area contributed by atoms with Crippen molar-refractivity contribution in [2.75, 3.05) is 31.9 Å². The summed E-state index contributed by atoms with van der Waals surface area (Å²) in [7, 11) is 0. The van der Waals surface area contributed by atoms with E-state index in [0.29, 0.717) is 23.8 Å². The van der Waals surface area contributed by atoms with E-state index in [-0.39, 0.29) is 5.91 Å². The van der Waals surface area contributed by atoms with Gasteiger partial charge >= 0.3 is 0 Å². The second-order valence-corrected chi connectivity index (χ2v) is 5.02. The normalized spacial score (nSPS) is 17.8. The van der Waals surface area contributed by atoms with Gasteiger partial charge in [0.05, 0.1) is 11.9 Å². The Labute approximate surface area is 107 Å². The zero-order valence-electron chi connectivity index (χ0n) is 10.8. The van der Waals surface area contributed by atoms with E-state index in [0.717, 1.165) is 6.54 Å². The maximum absolute atomic E-state index is 11.8. The van der Waals surface area contributed by atoms with Crippen molar-refractivity contribution in [3.8, 4) is 0 Å². The van der Waals surface area contributed by atoms with Gasteiger partial charge in [0.25, 0.3) is 5.91 Å². The zero-order valence-corrected chi connectivity index (χ0v) is 10.8. The summed E-state index contributed by atoms with van der Waals surface area (Å²) in [6, 6.07) is 0. The van der Waals surface area contributed by atoms with Crippen molar-refractivity contribution in [3.05, 3.63) is 11.9 Å². The number of hydrogen-bond acceptors (Lipinski definition) is 4. The highest BCUT2D eigenvalue weighted by molar-refractivity contribution is 5.96. The van der Waals surface area contributed by atoms with Crippen LogP contribution in [0.15, 0.2) is 6.20 Å². The molecular formula is C12H21N5O. The molecule has 1 fully saturated rings. The minimum Gasteiger partial charge on any atom is -0.396 e. The Morgan fingerprint density at radius 2 is 2.33 bits per heavy atom. The molecule has 6 heteroatoms. The van der Waals surface area contributed by atoms with Gasteiger partial charge in [0, 0.05) is 13.1 Å². The van der Waals surface area contributed by atoms with Gasteiger partial charge in [-0.1, -0.05) is 6.92 Å². The Balaban J connectivity index is 1.73. The average Bonchev–Trinajstić information content (AvgIpc) is 2.97. The first-order valence-corrected chi connectivity index (χ1v) is 6.46. The molecule has 1 aliphatic rings. The fourth-order valence-electron chi connectivity index (χ4n) is 2.30. The Kier molecular flexibility index (Phi) is 4.19. The highest BCUT2D eigenvalue weighted by Gasteiger charge is 2.16. The number of H-pyrrole nitrogens is 1. The first-order valence-electron chi connectivity index (χ1n) is 6.46. The minimum atomic E-state index is -0.182. The molecule has 100 valence electrons. The number of rotatable bonds is 5. The van der Waals surface area contributed by atoms with Gasteiger partial charge < -0.3 is 16.0 Å². The first-order chi connectivity index (χ1) is 8.66. The zero-order chi connectivity index (χ0) is 13.0. The summed E-state index contributed by atoms with van der Waals surface area (Å²) in [5.41, 5.74) is 6.36. The molecule has 1 aliphatic heterocycles. The number of aromatic amines is 1. The molecule has 1 atom stereocenters. The smallest absolute Gasteiger partial charge is 0.271 e. The van der Waals surface area contributed by atoms with Crippen molar-refractivity contribution in [3.63, 3.8) is 0 Å². The standard InChI is InChI=1S/C12H21N5O/c1-9(8-17-4-2-3-5-17)6-14-12(18)11-10(13)7-15-16-11/h7,9H,2-6,8,13H2,1H3,(H,14,18)(H,15,16). The third kappa shape index (κ3) is 3.22. The lowest BCUT2D eigenvalue weighted by atomic mass is 10.1. The molecular weight excluding hydrogens is 230 g/mol. The molecule has 1 aromatic heterocycles. The maximum Gasteiger partial charge on any atom is 0.271 e. The van der Waals surface area contributed by atoms with Crippen LogP contribution in [0.4, 0.5) is 5.69 Å². The molecule has 0 bridgehead atoms.